The largest absolute Gasteiger partial charge is 0.0827 e. The fourth-order valence-corrected chi connectivity index (χ4v) is 26.2. The van der Waals surface area contributed by atoms with E-state index in [1.807, 2.05) is 0 Å². The molecule has 0 bridgehead atoms. The lowest BCUT2D eigenvalue weighted by Gasteiger charge is -2.51. The predicted molar refractivity (Wildman–Crippen MR) is 474 cm³/mol. The number of rotatable bonds is 91. The van der Waals surface area contributed by atoms with Crippen LogP contribution in [0.15, 0.2) is 0 Å². The molecule has 1 heteroatoms. The molecule has 0 saturated heterocycles. The summed E-state index contributed by atoms with van der Waals surface area (Å²) in [5.74, 6) is 0.972. The fraction of sp³-hybridized carbons (Fsp3) is 1.00. The van der Waals surface area contributed by atoms with Gasteiger partial charge in [0.15, 0.2) is 0 Å². The van der Waals surface area contributed by atoms with Gasteiger partial charge in [-0.1, -0.05) is 505 Å². The summed E-state index contributed by atoms with van der Waals surface area (Å²) in [4.78, 5) is 0. The summed E-state index contributed by atoms with van der Waals surface area (Å²) in [5, 5.41) is 0.613. The third kappa shape index (κ3) is 62.8. The van der Waals surface area contributed by atoms with Crippen molar-refractivity contribution >= 4 is 7.26 Å². The first-order valence-electron chi connectivity index (χ1n) is 49.8. The molecule has 1 atom stereocenters. The van der Waals surface area contributed by atoms with E-state index in [1.165, 1.54) is 449 Å². The van der Waals surface area contributed by atoms with Crippen molar-refractivity contribution in [1.29, 1.82) is 0 Å². The van der Waals surface area contributed by atoms with Gasteiger partial charge in [-0.15, -0.1) is 0 Å². The highest BCUT2D eigenvalue weighted by Gasteiger charge is 2.58. The van der Waals surface area contributed by atoms with E-state index in [2.05, 4.69) is 62.3 Å². The van der Waals surface area contributed by atoms with Crippen molar-refractivity contribution in [3.63, 3.8) is 0 Å². The molecule has 1 unspecified atom stereocenters. The molecular formula is C100H204P+. The van der Waals surface area contributed by atoms with Crippen LogP contribution < -0.4 is 0 Å². The second kappa shape index (κ2) is 82.9. The maximum atomic E-state index is 2.42. The van der Waals surface area contributed by atoms with Crippen LogP contribution in [0, 0.1) is 11.3 Å². The van der Waals surface area contributed by atoms with Gasteiger partial charge in [-0.25, -0.2) is 0 Å². The second-order valence-corrected chi connectivity index (χ2v) is 40.3. The molecule has 0 aromatic carbocycles. The van der Waals surface area contributed by atoms with Crippen molar-refractivity contribution in [2.24, 2.45) is 11.3 Å². The van der Waals surface area contributed by atoms with Gasteiger partial charge in [0.05, 0.1) is 23.6 Å². The molecule has 0 radical (unpaired) electrons. The molecule has 0 fully saturated rings. The van der Waals surface area contributed by atoms with E-state index in [0.29, 0.717) is 10.6 Å². The Kier molecular flexibility index (Phi) is 83.3. The van der Waals surface area contributed by atoms with Crippen molar-refractivity contribution in [3.8, 4) is 0 Å². The molecule has 0 nitrogen and oxygen atoms in total. The van der Waals surface area contributed by atoms with E-state index in [1.54, 1.807) is 115 Å². The van der Waals surface area contributed by atoms with Crippen LogP contribution in [0.4, 0.5) is 0 Å². The maximum absolute atomic E-state index is 2.42. The standard InChI is InChI=1S/C100H204P/c1-10-19-28-37-46-55-65-76-87-98(88-77-66-64-70-81-92-99(89-78-67-56-47-38-29-20-11-2,90-79-68-57-48-39-30-21-12-3)91-80-69-58-49-40-31-22-13-4)100(93-82-71-59-50-41-32-23-14-5,94-83-72-60-51-42-33-24-15-6)101(95-84-73-61-52-43-34-25-16-7,96-85-74-62-53-44-35-26-17-8)97-86-75-63-54-45-36-27-18-9/h98H,10-97H2,1-9H3/q+1. The third-order valence-corrected chi connectivity index (χ3v) is 32.5. The van der Waals surface area contributed by atoms with Gasteiger partial charge in [0.1, 0.15) is 0 Å². The van der Waals surface area contributed by atoms with Gasteiger partial charge in [-0.3, -0.25) is 0 Å². The van der Waals surface area contributed by atoms with E-state index >= 15 is 0 Å². The molecule has 0 N–H and O–H groups in total. The second-order valence-electron chi connectivity index (χ2n) is 35.7. The van der Waals surface area contributed by atoms with Gasteiger partial charge in [-0.05, 0) is 114 Å². The number of hydrogen-bond acceptors (Lipinski definition) is 0. The molecule has 0 aromatic rings. The monoisotopic (exact) mass is 1440 g/mol. The molecule has 0 spiro atoms. The van der Waals surface area contributed by atoms with Crippen LogP contribution >= 0.6 is 7.26 Å². The molecule has 0 rings (SSSR count). The Hall–Kier alpha value is 0.430. The Morgan fingerprint density at radius 1 is 0.149 bits per heavy atom. The highest BCUT2D eigenvalue weighted by atomic mass is 31.2. The summed E-state index contributed by atoms with van der Waals surface area (Å²) in [7, 11) is -1.35. The van der Waals surface area contributed by atoms with Gasteiger partial charge in [-0.2, -0.15) is 0 Å². The quantitative estimate of drug-likeness (QED) is 0.0421. The highest BCUT2D eigenvalue weighted by molar-refractivity contribution is 7.77. The summed E-state index contributed by atoms with van der Waals surface area (Å²) in [6, 6.07) is 0. The predicted octanol–water partition coefficient (Wildman–Crippen LogP) is 38.7. The Morgan fingerprint density at radius 2 is 0.287 bits per heavy atom. The van der Waals surface area contributed by atoms with Crippen LogP contribution in [0.3, 0.4) is 0 Å². The first-order valence-corrected chi connectivity index (χ1v) is 52.1. The van der Waals surface area contributed by atoms with E-state index in [4.69, 9.17) is 0 Å². The summed E-state index contributed by atoms with van der Waals surface area (Å²) in [6.45, 7) is 21.7. The minimum absolute atomic E-state index is 0.613. The molecule has 0 aliphatic rings. The molecule has 0 aromatic heterocycles. The summed E-state index contributed by atoms with van der Waals surface area (Å²) >= 11 is 0. The van der Waals surface area contributed by atoms with Gasteiger partial charge >= 0.3 is 0 Å². The lowest BCUT2D eigenvalue weighted by atomic mass is 9.70. The third-order valence-electron chi connectivity index (χ3n) is 26.3. The first kappa shape index (κ1) is 101. The molecule has 0 aliphatic carbocycles. The van der Waals surface area contributed by atoms with Gasteiger partial charge in [0.25, 0.3) is 0 Å². The van der Waals surface area contributed by atoms with Crippen LogP contribution in [-0.2, 0) is 0 Å². The van der Waals surface area contributed by atoms with E-state index < -0.39 is 7.26 Å². The van der Waals surface area contributed by atoms with E-state index in [9.17, 15) is 0 Å². The number of hydrogen-bond donors (Lipinski definition) is 0. The Balaban J connectivity index is 7.86. The van der Waals surface area contributed by atoms with Crippen LogP contribution in [-0.4, -0.2) is 23.6 Å². The zero-order valence-electron chi connectivity index (χ0n) is 73.2. The highest BCUT2D eigenvalue weighted by Crippen LogP contribution is 2.76. The Labute approximate surface area is 646 Å². The summed E-state index contributed by atoms with van der Waals surface area (Å²) in [5.41, 5.74) is 0.616. The fourth-order valence-electron chi connectivity index (χ4n) is 19.5. The summed E-state index contributed by atoms with van der Waals surface area (Å²) < 4.78 is 0. The maximum Gasteiger partial charge on any atom is 0.0827 e. The topological polar surface area (TPSA) is 0 Å². The average molecular weight is 1440 g/mol. The van der Waals surface area contributed by atoms with Gasteiger partial charge < -0.3 is 0 Å². The lowest BCUT2D eigenvalue weighted by Crippen LogP contribution is -2.44. The molecule has 0 saturated carbocycles. The Morgan fingerprint density at radius 3 is 0.465 bits per heavy atom. The molecule has 0 aliphatic heterocycles. The van der Waals surface area contributed by atoms with Crippen molar-refractivity contribution in [1.82, 2.24) is 0 Å². The zero-order valence-corrected chi connectivity index (χ0v) is 74.1. The molecule has 0 heterocycles. The van der Waals surface area contributed by atoms with Crippen molar-refractivity contribution in [3.05, 3.63) is 0 Å². The van der Waals surface area contributed by atoms with Crippen molar-refractivity contribution in [2.75, 3.05) is 18.5 Å². The summed E-state index contributed by atoms with van der Waals surface area (Å²) in [6.07, 6.45) is 132. The minimum atomic E-state index is -1.35. The molecule has 101 heavy (non-hydrogen) atoms. The lowest BCUT2D eigenvalue weighted by molar-refractivity contribution is 0.171. The Bertz CT molecular complexity index is 1360. The minimum Gasteiger partial charge on any atom is -0.0654 e. The normalized spacial score (nSPS) is 12.7. The average Bonchev–Trinajstić information content (AvgIpc) is 0.751. The SMILES string of the molecule is CCCCCCCCCCC(CCCCCCCC(CCCCCCCCCC)(CCCCCCCCCC)CCCCCCCCCC)C(CCCCCCCCCC)(CCCCCCCCCC)[P+](CCCCCCCCCC)(CCCCCCCCCC)CCCCCCCCCC. The molecule has 608 valence electrons. The zero-order chi connectivity index (χ0) is 73.3. The van der Waals surface area contributed by atoms with E-state index in [0.717, 1.165) is 5.92 Å². The smallest absolute Gasteiger partial charge is 0.0654 e. The van der Waals surface area contributed by atoms with Gasteiger partial charge in [0, 0.05) is 7.26 Å². The van der Waals surface area contributed by atoms with Crippen molar-refractivity contribution < 1.29 is 0 Å². The number of unbranched alkanes of at least 4 members (excludes halogenated alkanes) is 67. The first-order chi connectivity index (χ1) is 49.9. The van der Waals surface area contributed by atoms with Crippen LogP contribution in [0.25, 0.3) is 0 Å². The van der Waals surface area contributed by atoms with Crippen LogP contribution in [0.5, 0.6) is 0 Å². The van der Waals surface area contributed by atoms with Crippen molar-refractivity contribution in [2.45, 2.75) is 613 Å². The molecular weight excluding hydrogens is 1230 g/mol. The molecule has 0 amide bonds. The van der Waals surface area contributed by atoms with Gasteiger partial charge in [0.2, 0.25) is 0 Å². The van der Waals surface area contributed by atoms with E-state index in [-0.39, 0.29) is 0 Å². The van der Waals surface area contributed by atoms with Crippen LogP contribution in [0.1, 0.15) is 608 Å². The van der Waals surface area contributed by atoms with Crippen LogP contribution in [0.2, 0.25) is 0 Å².